The molecule has 0 radical (unpaired) electrons. The van der Waals surface area contributed by atoms with Gasteiger partial charge in [0.25, 0.3) is 0 Å². The highest BCUT2D eigenvalue weighted by Crippen LogP contribution is 2.37. The molecule has 1 heterocycles. The van der Waals surface area contributed by atoms with Gasteiger partial charge in [0.1, 0.15) is 0 Å². The minimum atomic E-state index is 0. The Morgan fingerprint density at radius 1 is 1.42 bits per heavy atom. The summed E-state index contributed by atoms with van der Waals surface area (Å²) >= 11 is 1.92. The second-order valence-corrected chi connectivity index (χ2v) is 3.93. The van der Waals surface area contributed by atoms with Crippen molar-refractivity contribution in [3.8, 4) is 0 Å². The first kappa shape index (κ1) is 10.2. The van der Waals surface area contributed by atoms with Crippen molar-refractivity contribution in [1.29, 1.82) is 0 Å². The van der Waals surface area contributed by atoms with Gasteiger partial charge in [0.15, 0.2) is 0 Å². The van der Waals surface area contributed by atoms with Gasteiger partial charge in [0.2, 0.25) is 0 Å². The topological polar surface area (TPSA) is 3.24 Å². The van der Waals surface area contributed by atoms with Gasteiger partial charge < -0.3 is 28.9 Å². The molecule has 0 fully saturated rings. The molecular formula is C9H11INS-. The zero-order chi connectivity index (χ0) is 7.84. The van der Waals surface area contributed by atoms with Crippen molar-refractivity contribution >= 4 is 17.4 Å². The minimum absolute atomic E-state index is 0. The number of benzene rings is 1. The third-order valence-electron chi connectivity index (χ3n) is 1.94. The Morgan fingerprint density at radius 3 is 2.92 bits per heavy atom. The van der Waals surface area contributed by atoms with Crippen LogP contribution in [0.25, 0.3) is 0 Å². The summed E-state index contributed by atoms with van der Waals surface area (Å²) in [6.45, 7) is 2.14. The summed E-state index contributed by atoms with van der Waals surface area (Å²) < 4.78 is 0. The first-order chi connectivity index (χ1) is 5.27. The second-order valence-electron chi connectivity index (χ2n) is 2.94. The van der Waals surface area contributed by atoms with Gasteiger partial charge >= 0.3 is 0 Å². The number of hydrogen-bond donors (Lipinski definition) is 0. The lowest BCUT2D eigenvalue weighted by Crippen LogP contribution is -3.00. The molecule has 0 unspecified atom stereocenters. The first-order valence-corrected chi connectivity index (χ1v) is 4.70. The number of aryl methyl sites for hydroxylation is 1. The van der Waals surface area contributed by atoms with E-state index < -0.39 is 0 Å². The molecule has 0 spiro atoms. The summed E-state index contributed by atoms with van der Waals surface area (Å²) in [4.78, 5) is 3.70. The van der Waals surface area contributed by atoms with Crippen molar-refractivity contribution in [1.82, 2.24) is 0 Å². The Balaban J connectivity index is 0.000000720. The molecule has 1 aromatic rings. The Labute approximate surface area is 94.5 Å². The van der Waals surface area contributed by atoms with E-state index in [1.54, 1.807) is 0 Å². The van der Waals surface area contributed by atoms with Gasteiger partial charge in [-0.25, -0.2) is 0 Å². The van der Waals surface area contributed by atoms with E-state index in [1.165, 1.54) is 16.1 Å². The lowest BCUT2D eigenvalue weighted by Gasteiger charge is -2.09. The third kappa shape index (κ3) is 1.71. The fourth-order valence-corrected chi connectivity index (χ4v) is 2.40. The minimum Gasteiger partial charge on any atom is -1.00 e. The van der Waals surface area contributed by atoms with Gasteiger partial charge in [-0.2, -0.15) is 0 Å². The maximum atomic E-state index is 2.28. The van der Waals surface area contributed by atoms with Crippen LogP contribution in [0.2, 0.25) is 0 Å². The smallest absolute Gasteiger partial charge is 0.0683 e. The highest BCUT2D eigenvalue weighted by atomic mass is 127. The molecule has 0 saturated carbocycles. The molecule has 66 valence electrons. The summed E-state index contributed by atoms with van der Waals surface area (Å²) in [5.41, 5.74) is 2.73. The quantitative estimate of drug-likeness (QED) is 0.593. The molecule has 0 atom stereocenters. The molecule has 3 heteroatoms. The van der Waals surface area contributed by atoms with Crippen LogP contribution in [-0.2, 0) is 0 Å². The van der Waals surface area contributed by atoms with E-state index in [9.17, 15) is 0 Å². The molecule has 0 saturated heterocycles. The van der Waals surface area contributed by atoms with Crippen LogP contribution in [0.3, 0.4) is 0 Å². The van der Waals surface area contributed by atoms with Crippen molar-refractivity contribution in [3.63, 3.8) is 0 Å². The number of thioether (sulfide) groups is 1. The van der Waals surface area contributed by atoms with Gasteiger partial charge in [0.05, 0.1) is 11.6 Å². The van der Waals surface area contributed by atoms with E-state index in [1.807, 2.05) is 11.8 Å². The van der Waals surface area contributed by atoms with E-state index in [0.717, 1.165) is 5.88 Å². The summed E-state index contributed by atoms with van der Waals surface area (Å²) in [6.07, 6.45) is 0. The van der Waals surface area contributed by atoms with E-state index in [0.29, 0.717) is 0 Å². The number of nitrogens with zero attached hydrogens (tertiary/aromatic N) is 1. The van der Waals surface area contributed by atoms with Crippen LogP contribution < -0.4 is 28.9 Å². The second kappa shape index (κ2) is 3.87. The van der Waals surface area contributed by atoms with E-state index in [2.05, 4.69) is 37.1 Å². The number of fused-ring (bicyclic) bond motifs is 1. The van der Waals surface area contributed by atoms with E-state index >= 15 is 0 Å². The summed E-state index contributed by atoms with van der Waals surface area (Å²) in [7, 11) is 2.13. The molecule has 1 aliphatic heterocycles. The molecule has 1 nitrogen and oxygen atoms in total. The fourth-order valence-electron chi connectivity index (χ4n) is 1.29. The zero-order valence-electron chi connectivity index (χ0n) is 7.17. The Morgan fingerprint density at radius 2 is 2.17 bits per heavy atom. The van der Waals surface area contributed by atoms with Crippen molar-refractivity contribution in [2.75, 3.05) is 17.8 Å². The average Bonchev–Trinajstić information content (AvgIpc) is 2.32. The molecule has 0 aliphatic carbocycles. The predicted molar refractivity (Wildman–Crippen MR) is 50.3 cm³/mol. The molecular weight excluding hydrogens is 281 g/mol. The monoisotopic (exact) mass is 292 g/mol. The lowest BCUT2D eigenvalue weighted by atomic mass is 10.2. The molecule has 1 aromatic carbocycles. The van der Waals surface area contributed by atoms with Crippen LogP contribution in [0.4, 0.5) is 5.69 Å². The van der Waals surface area contributed by atoms with Gasteiger partial charge in [-0.15, -0.1) is 11.8 Å². The number of rotatable bonds is 0. The molecule has 12 heavy (non-hydrogen) atoms. The highest BCUT2D eigenvalue weighted by molar-refractivity contribution is 7.99. The van der Waals surface area contributed by atoms with Crippen molar-refractivity contribution in [3.05, 3.63) is 23.8 Å². The van der Waals surface area contributed by atoms with Gasteiger partial charge in [-0.3, -0.25) is 0 Å². The predicted octanol–water partition coefficient (Wildman–Crippen LogP) is -0.502. The SMILES string of the molecule is Cc1ccc2c(c1)SCN2C.[I-]. The zero-order valence-corrected chi connectivity index (χ0v) is 10.1. The van der Waals surface area contributed by atoms with Crippen LogP contribution in [0, 0.1) is 6.92 Å². The summed E-state index contributed by atoms with van der Waals surface area (Å²) in [5.74, 6) is 1.10. The summed E-state index contributed by atoms with van der Waals surface area (Å²) in [6, 6.07) is 6.62. The number of anilines is 1. The number of halogens is 1. The normalized spacial score (nSPS) is 14.0. The lowest BCUT2D eigenvalue weighted by molar-refractivity contribution is -0.00000227. The molecule has 1 aliphatic rings. The standard InChI is InChI=1S/C9H11NS.HI/c1-7-3-4-8-9(5-7)11-6-10(8)2;/h3-5H,6H2,1-2H3;1H/p-1. The highest BCUT2D eigenvalue weighted by Gasteiger charge is 2.14. The van der Waals surface area contributed by atoms with E-state index in [4.69, 9.17) is 0 Å². The van der Waals surface area contributed by atoms with Crippen LogP contribution in [0.5, 0.6) is 0 Å². The maximum Gasteiger partial charge on any atom is 0.0683 e. The van der Waals surface area contributed by atoms with Crippen LogP contribution in [-0.4, -0.2) is 12.9 Å². The molecule has 2 rings (SSSR count). The third-order valence-corrected chi connectivity index (χ3v) is 3.09. The average molecular weight is 292 g/mol. The van der Waals surface area contributed by atoms with Gasteiger partial charge in [-0.05, 0) is 24.6 Å². The summed E-state index contributed by atoms with van der Waals surface area (Å²) in [5, 5.41) is 0. The fraction of sp³-hybridized carbons (Fsp3) is 0.333. The van der Waals surface area contributed by atoms with Crippen molar-refractivity contribution < 1.29 is 24.0 Å². The van der Waals surface area contributed by atoms with Crippen molar-refractivity contribution in [2.45, 2.75) is 11.8 Å². The maximum absolute atomic E-state index is 2.28. The molecule has 0 amide bonds. The Kier molecular flexibility index (Phi) is 3.29. The van der Waals surface area contributed by atoms with Crippen LogP contribution in [0.1, 0.15) is 5.56 Å². The van der Waals surface area contributed by atoms with Gasteiger partial charge in [0, 0.05) is 11.9 Å². The van der Waals surface area contributed by atoms with Gasteiger partial charge in [-0.1, -0.05) is 6.07 Å². The molecule has 0 N–H and O–H groups in total. The van der Waals surface area contributed by atoms with Crippen LogP contribution >= 0.6 is 11.8 Å². The van der Waals surface area contributed by atoms with Crippen LogP contribution in [0.15, 0.2) is 23.1 Å². The number of hydrogen-bond acceptors (Lipinski definition) is 2. The van der Waals surface area contributed by atoms with E-state index in [-0.39, 0.29) is 24.0 Å². The first-order valence-electron chi connectivity index (χ1n) is 3.72. The molecule has 0 aromatic heterocycles. The largest absolute Gasteiger partial charge is 1.00 e. The Bertz CT molecular complexity index is 288. The Hall–Kier alpha value is 0.1000. The van der Waals surface area contributed by atoms with Crippen molar-refractivity contribution in [2.24, 2.45) is 0 Å². The molecule has 0 bridgehead atoms.